The zero-order valence-corrected chi connectivity index (χ0v) is 8.59. The van der Waals surface area contributed by atoms with Crippen molar-refractivity contribution in [2.24, 2.45) is 0 Å². The fraction of sp³-hybridized carbons (Fsp3) is 0.500. The van der Waals surface area contributed by atoms with E-state index in [1.165, 1.54) is 0 Å². The Labute approximate surface area is 99.3 Å². The first-order valence-electron chi connectivity index (χ1n) is 3.11. The van der Waals surface area contributed by atoms with E-state index < -0.39 is 36.4 Å². The first-order valence-corrected chi connectivity index (χ1v) is 3.11. The third kappa shape index (κ3) is 7.05. The number of carbonyl (C=O) groups is 3. The summed E-state index contributed by atoms with van der Waals surface area (Å²) in [6.07, 6.45) is -2.72. The quantitative estimate of drug-likeness (QED) is 0.491. The predicted octanol–water partition coefficient (Wildman–Crippen LogP) is -6.08. The van der Waals surface area contributed by atoms with Crippen molar-refractivity contribution in [3.63, 3.8) is 0 Å². The van der Waals surface area contributed by atoms with Gasteiger partial charge < -0.3 is 40.3 Å². The molecular weight excluding hydrogens is 308 g/mol. The van der Waals surface area contributed by atoms with E-state index in [0.717, 1.165) is 0 Å². The number of hydrogen-bond acceptors (Lipinski definition) is 7. The van der Waals surface area contributed by atoms with Gasteiger partial charge in [-0.15, -0.1) is 0 Å². The van der Waals surface area contributed by atoms with Gasteiger partial charge in [0.15, 0.2) is 0 Å². The minimum absolute atomic E-state index is 0. The zero-order chi connectivity index (χ0) is 10.6. The van der Waals surface area contributed by atoms with Crippen LogP contribution in [0.1, 0.15) is 12.8 Å². The van der Waals surface area contributed by atoms with Gasteiger partial charge in [-0.3, -0.25) is 0 Å². The largest absolute Gasteiger partial charge is 0.550 e. The van der Waals surface area contributed by atoms with Gasteiger partial charge in [-0.25, -0.2) is 0 Å². The fourth-order valence-corrected chi connectivity index (χ4v) is 0.684. The van der Waals surface area contributed by atoms with Gasteiger partial charge in [0.05, 0.1) is 5.97 Å². The van der Waals surface area contributed by atoms with Crippen molar-refractivity contribution in [2.45, 2.75) is 18.4 Å². The van der Waals surface area contributed by atoms with Crippen LogP contribution in [0.3, 0.4) is 0 Å². The second kappa shape index (κ2) is 7.37. The number of carboxylic acid groups (broad SMARTS) is 3. The molecule has 0 saturated heterocycles. The van der Waals surface area contributed by atoms with Crippen LogP contribution in [0.5, 0.6) is 0 Å². The SMILES string of the molecule is O.O=C([O-])CC(O)(CC(=O)[O-])C(=O)[O-].[Ag]. The summed E-state index contributed by atoms with van der Waals surface area (Å²) in [6, 6.07) is 0. The molecule has 0 aromatic heterocycles. The van der Waals surface area contributed by atoms with Crippen LogP contribution < -0.4 is 15.3 Å². The molecule has 0 fully saturated rings. The molecule has 0 atom stereocenters. The summed E-state index contributed by atoms with van der Waals surface area (Å²) in [6.45, 7) is 0. The van der Waals surface area contributed by atoms with Gasteiger partial charge >= 0.3 is 0 Å². The molecular formula is C6H7AgO8-3. The third-order valence-electron chi connectivity index (χ3n) is 1.25. The van der Waals surface area contributed by atoms with Crippen molar-refractivity contribution in [2.75, 3.05) is 0 Å². The Hall–Kier alpha value is -0.930. The van der Waals surface area contributed by atoms with Crippen LogP contribution in [-0.4, -0.2) is 34.1 Å². The molecule has 0 unspecified atom stereocenters. The van der Waals surface area contributed by atoms with E-state index in [-0.39, 0.29) is 27.9 Å². The Bertz CT molecular complexity index is 234. The third-order valence-corrected chi connectivity index (χ3v) is 1.25. The van der Waals surface area contributed by atoms with Crippen LogP contribution in [0, 0.1) is 0 Å². The summed E-state index contributed by atoms with van der Waals surface area (Å²) in [4.78, 5) is 30.0. The molecule has 0 saturated carbocycles. The Kier molecular flexibility index (Phi) is 9.64. The molecule has 0 aliphatic heterocycles. The van der Waals surface area contributed by atoms with E-state index in [2.05, 4.69) is 0 Å². The van der Waals surface area contributed by atoms with Crippen LogP contribution in [0.2, 0.25) is 0 Å². The average Bonchev–Trinajstić information content (AvgIpc) is 1.82. The monoisotopic (exact) mass is 314 g/mol. The molecule has 0 aromatic carbocycles. The maximum Gasteiger partial charge on any atom is 0.114 e. The Morgan fingerprint density at radius 2 is 1.27 bits per heavy atom. The number of aliphatic carboxylic acids is 3. The van der Waals surface area contributed by atoms with Crippen LogP contribution in [0.15, 0.2) is 0 Å². The van der Waals surface area contributed by atoms with Crippen molar-refractivity contribution < 1.29 is 62.7 Å². The van der Waals surface area contributed by atoms with Gasteiger partial charge in [0.1, 0.15) is 5.60 Å². The average molecular weight is 315 g/mol. The molecule has 15 heavy (non-hydrogen) atoms. The first kappa shape index (κ1) is 19.6. The molecule has 0 amide bonds. The van der Waals surface area contributed by atoms with Crippen LogP contribution in [0.25, 0.3) is 0 Å². The standard InChI is InChI=1S/C6H8O7.Ag.H2O/c7-3(8)1-6(13,5(11)12)2-4(9)10;;/h13H,1-2H2,(H,7,8)(H,9,10)(H,11,12);;1H2/p-3. The van der Waals surface area contributed by atoms with E-state index >= 15 is 0 Å². The van der Waals surface area contributed by atoms with Gasteiger partial charge in [-0.05, 0) is 0 Å². The maximum absolute atomic E-state index is 10.1. The van der Waals surface area contributed by atoms with E-state index in [1.807, 2.05) is 0 Å². The Balaban J connectivity index is -0.000000720. The van der Waals surface area contributed by atoms with E-state index in [4.69, 9.17) is 5.11 Å². The van der Waals surface area contributed by atoms with E-state index in [1.54, 1.807) is 0 Å². The molecule has 8 nitrogen and oxygen atoms in total. The maximum atomic E-state index is 10.1. The summed E-state index contributed by atoms with van der Waals surface area (Å²) >= 11 is 0. The molecule has 0 spiro atoms. The molecule has 9 heteroatoms. The van der Waals surface area contributed by atoms with Crippen molar-refractivity contribution >= 4 is 17.9 Å². The summed E-state index contributed by atoms with van der Waals surface area (Å²) in [5.41, 5.74) is -2.97. The molecule has 0 aliphatic carbocycles. The minimum Gasteiger partial charge on any atom is -0.550 e. The molecule has 0 aliphatic rings. The summed E-state index contributed by atoms with van der Waals surface area (Å²) in [5, 5.41) is 38.9. The number of hydrogen-bond donors (Lipinski definition) is 1. The van der Waals surface area contributed by atoms with Crippen molar-refractivity contribution in [3.05, 3.63) is 0 Å². The second-order valence-electron chi connectivity index (χ2n) is 2.42. The fourth-order valence-electron chi connectivity index (χ4n) is 0.684. The molecule has 1 radical (unpaired) electrons. The number of rotatable bonds is 5. The molecule has 3 N–H and O–H groups in total. The number of carbonyl (C=O) groups excluding carboxylic acids is 3. The molecule has 0 heterocycles. The Morgan fingerprint density at radius 3 is 1.40 bits per heavy atom. The first-order chi connectivity index (χ1) is 5.78. The topological polar surface area (TPSA) is 172 Å². The normalized spacial score (nSPS) is 9.40. The predicted molar refractivity (Wildman–Crippen MR) is 32.8 cm³/mol. The van der Waals surface area contributed by atoms with Crippen LogP contribution >= 0.6 is 0 Å². The van der Waals surface area contributed by atoms with E-state index in [9.17, 15) is 29.7 Å². The van der Waals surface area contributed by atoms with Gasteiger partial charge in [0.25, 0.3) is 0 Å². The van der Waals surface area contributed by atoms with Crippen LogP contribution in [-0.2, 0) is 36.8 Å². The zero-order valence-electron chi connectivity index (χ0n) is 7.11. The molecule has 0 aromatic rings. The van der Waals surface area contributed by atoms with Crippen molar-refractivity contribution in [1.82, 2.24) is 0 Å². The molecule has 0 bridgehead atoms. The molecule has 0 rings (SSSR count). The second-order valence-corrected chi connectivity index (χ2v) is 2.42. The van der Waals surface area contributed by atoms with Crippen LogP contribution in [0.4, 0.5) is 0 Å². The van der Waals surface area contributed by atoms with Crippen molar-refractivity contribution in [3.8, 4) is 0 Å². The van der Waals surface area contributed by atoms with E-state index in [0.29, 0.717) is 0 Å². The summed E-state index contributed by atoms with van der Waals surface area (Å²) in [7, 11) is 0. The Morgan fingerprint density at radius 1 is 1.00 bits per heavy atom. The van der Waals surface area contributed by atoms with Gasteiger partial charge in [-0.2, -0.15) is 0 Å². The summed E-state index contributed by atoms with van der Waals surface area (Å²) in [5.74, 6) is -5.98. The van der Waals surface area contributed by atoms with Gasteiger partial charge in [0.2, 0.25) is 0 Å². The minimum atomic E-state index is -2.97. The summed E-state index contributed by atoms with van der Waals surface area (Å²) < 4.78 is 0. The molecule has 93 valence electrons. The smallest absolute Gasteiger partial charge is 0.114 e. The number of carboxylic acids is 3. The van der Waals surface area contributed by atoms with Gasteiger partial charge in [-0.1, -0.05) is 0 Å². The van der Waals surface area contributed by atoms with Crippen molar-refractivity contribution in [1.29, 1.82) is 0 Å². The number of aliphatic hydroxyl groups is 1. The van der Waals surface area contributed by atoms with Gasteiger partial charge in [0, 0.05) is 47.2 Å².